The Balaban J connectivity index is 2.07. The SMILES string of the molecule is CCNc1nc(-c2cccc(OC)n2)nc2c1COCC2. The third kappa shape index (κ3) is 2.80. The fourth-order valence-corrected chi connectivity index (χ4v) is 2.31. The van der Waals surface area contributed by atoms with Gasteiger partial charge in [0.1, 0.15) is 11.5 Å². The first-order valence-electron chi connectivity index (χ1n) is 7.04. The van der Waals surface area contributed by atoms with Gasteiger partial charge in [0, 0.05) is 24.6 Å². The smallest absolute Gasteiger partial charge is 0.213 e. The molecule has 0 amide bonds. The molecule has 110 valence electrons. The summed E-state index contributed by atoms with van der Waals surface area (Å²) in [4.78, 5) is 13.7. The Bertz CT molecular complexity index is 646. The van der Waals surface area contributed by atoms with E-state index in [-0.39, 0.29) is 0 Å². The van der Waals surface area contributed by atoms with Crippen molar-refractivity contribution in [1.29, 1.82) is 0 Å². The Hall–Kier alpha value is -2.21. The molecule has 0 radical (unpaired) electrons. The number of anilines is 1. The van der Waals surface area contributed by atoms with Gasteiger partial charge in [-0.2, -0.15) is 0 Å². The van der Waals surface area contributed by atoms with Crippen LogP contribution in [0.25, 0.3) is 11.5 Å². The van der Waals surface area contributed by atoms with Crippen molar-refractivity contribution in [2.24, 2.45) is 0 Å². The molecule has 0 saturated carbocycles. The predicted molar refractivity (Wildman–Crippen MR) is 79.3 cm³/mol. The largest absolute Gasteiger partial charge is 0.481 e. The molecule has 0 spiro atoms. The summed E-state index contributed by atoms with van der Waals surface area (Å²) >= 11 is 0. The van der Waals surface area contributed by atoms with Crippen molar-refractivity contribution in [2.45, 2.75) is 20.0 Å². The van der Waals surface area contributed by atoms with Gasteiger partial charge in [0.05, 0.1) is 26.0 Å². The maximum atomic E-state index is 5.51. The minimum atomic E-state index is 0.558. The number of ether oxygens (including phenoxy) is 2. The minimum Gasteiger partial charge on any atom is -0.481 e. The van der Waals surface area contributed by atoms with Crippen molar-refractivity contribution >= 4 is 5.82 Å². The van der Waals surface area contributed by atoms with Crippen molar-refractivity contribution < 1.29 is 9.47 Å². The molecule has 2 aromatic rings. The number of nitrogens with one attached hydrogen (secondary N) is 1. The Morgan fingerprint density at radius 3 is 3.00 bits per heavy atom. The van der Waals surface area contributed by atoms with Crippen molar-refractivity contribution in [3.8, 4) is 17.4 Å². The molecular weight excluding hydrogens is 268 g/mol. The second-order valence-electron chi connectivity index (χ2n) is 4.72. The Morgan fingerprint density at radius 1 is 1.29 bits per heavy atom. The first kappa shape index (κ1) is 13.8. The van der Waals surface area contributed by atoms with E-state index in [1.807, 2.05) is 19.1 Å². The average Bonchev–Trinajstić information content (AvgIpc) is 2.55. The molecule has 3 heterocycles. The van der Waals surface area contributed by atoms with E-state index in [9.17, 15) is 0 Å². The van der Waals surface area contributed by atoms with Crippen LogP contribution in [0.1, 0.15) is 18.2 Å². The van der Waals surface area contributed by atoms with Gasteiger partial charge in [-0.15, -0.1) is 0 Å². The highest BCUT2D eigenvalue weighted by molar-refractivity contribution is 5.57. The zero-order chi connectivity index (χ0) is 14.7. The molecule has 0 atom stereocenters. The van der Waals surface area contributed by atoms with Gasteiger partial charge in [-0.05, 0) is 13.0 Å². The van der Waals surface area contributed by atoms with Crippen LogP contribution in [-0.2, 0) is 17.8 Å². The molecule has 1 aliphatic heterocycles. The highest BCUT2D eigenvalue weighted by atomic mass is 16.5. The molecule has 3 rings (SSSR count). The quantitative estimate of drug-likeness (QED) is 0.927. The predicted octanol–water partition coefficient (Wildman–Crippen LogP) is 2.05. The lowest BCUT2D eigenvalue weighted by atomic mass is 10.1. The summed E-state index contributed by atoms with van der Waals surface area (Å²) in [6.07, 6.45) is 0.799. The zero-order valence-electron chi connectivity index (χ0n) is 12.2. The summed E-state index contributed by atoms with van der Waals surface area (Å²) in [7, 11) is 1.60. The van der Waals surface area contributed by atoms with Crippen molar-refractivity contribution in [3.05, 3.63) is 29.5 Å². The van der Waals surface area contributed by atoms with E-state index in [1.165, 1.54) is 0 Å². The number of hydrogen-bond acceptors (Lipinski definition) is 6. The number of methoxy groups -OCH3 is 1. The molecule has 0 aliphatic carbocycles. The molecule has 0 bridgehead atoms. The van der Waals surface area contributed by atoms with Gasteiger partial charge in [0.15, 0.2) is 5.82 Å². The third-order valence-electron chi connectivity index (χ3n) is 3.33. The summed E-state index contributed by atoms with van der Waals surface area (Å²) < 4.78 is 10.7. The van der Waals surface area contributed by atoms with Crippen LogP contribution in [0, 0.1) is 0 Å². The van der Waals surface area contributed by atoms with Crippen LogP contribution < -0.4 is 10.1 Å². The molecule has 6 heteroatoms. The second-order valence-corrected chi connectivity index (χ2v) is 4.72. The first-order chi connectivity index (χ1) is 10.3. The molecule has 0 saturated heterocycles. The number of rotatable bonds is 4. The van der Waals surface area contributed by atoms with E-state index >= 15 is 0 Å². The molecule has 6 nitrogen and oxygen atoms in total. The lowest BCUT2D eigenvalue weighted by molar-refractivity contribution is 0.109. The minimum absolute atomic E-state index is 0.558. The summed E-state index contributed by atoms with van der Waals surface area (Å²) in [6, 6.07) is 5.58. The fraction of sp³-hybridized carbons (Fsp3) is 0.400. The van der Waals surface area contributed by atoms with Gasteiger partial charge < -0.3 is 14.8 Å². The molecule has 1 aliphatic rings. The summed E-state index contributed by atoms with van der Waals surface area (Å²) in [5.74, 6) is 2.01. The van der Waals surface area contributed by atoms with Gasteiger partial charge >= 0.3 is 0 Å². The van der Waals surface area contributed by atoms with Crippen LogP contribution in [0.5, 0.6) is 5.88 Å². The first-order valence-corrected chi connectivity index (χ1v) is 7.04. The van der Waals surface area contributed by atoms with E-state index in [4.69, 9.17) is 9.47 Å². The van der Waals surface area contributed by atoms with Crippen LogP contribution in [0.15, 0.2) is 18.2 Å². The summed E-state index contributed by atoms with van der Waals surface area (Å²) in [6.45, 7) is 4.10. The molecule has 1 N–H and O–H groups in total. The lowest BCUT2D eigenvalue weighted by Gasteiger charge is -2.19. The Morgan fingerprint density at radius 2 is 2.19 bits per heavy atom. The fourth-order valence-electron chi connectivity index (χ4n) is 2.31. The lowest BCUT2D eigenvalue weighted by Crippen LogP contribution is -2.17. The number of hydrogen-bond donors (Lipinski definition) is 1. The van der Waals surface area contributed by atoms with E-state index in [1.54, 1.807) is 13.2 Å². The van der Waals surface area contributed by atoms with E-state index in [0.29, 0.717) is 30.6 Å². The van der Waals surface area contributed by atoms with Gasteiger partial charge in [0.25, 0.3) is 0 Å². The third-order valence-corrected chi connectivity index (χ3v) is 3.33. The van der Waals surface area contributed by atoms with Crippen LogP contribution in [0.4, 0.5) is 5.82 Å². The molecule has 0 unspecified atom stereocenters. The monoisotopic (exact) mass is 286 g/mol. The van der Waals surface area contributed by atoms with Crippen LogP contribution in [0.2, 0.25) is 0 Å². The van der Waals surface area contributed by atoms with Crippen molar-refractivity contribution in [2.75, 3.05) is 25.6 Å². The Labute approximate surface area is 123 Å². The topological polar surface area (TPSA) is 69.2 Å². The van der Waals surface area contributed by atoms with Crippen molar-refractivity contribution in [1.82, 2.24) is 15.0 Å². The van der Waals surface area contributed by atoms with Crippen LogP contribution in [-0.4, -0.2) is 35.2 Å². The van der Waals surface area contributed by atoms with Crippen molar-refractivity contribution in [3.63, 3.8) is 0 Å². The Kier molecular flexibility index (Phi) is 3.96. The standard InChI is InChI=1S/C15H18N4O2/c1-3-16-14-10-9-21-8-7-11(10)18-15(19-14)12-5-4-6-13(17-12)20-2/h4-6H,3,7-9H2,1-2H3,(H,16,18,19). The maximum Gasteiger partial charge on any atom is 0.213 e. The van der Waals surface area contributed by atoms with Crippen LogP contribution >= 0.6 is 0 Å². The average molecular weight is 286 g/mol. The highest BCUT2D eigenvalue weighted by Crippen LogP contribution is 2.26. The normalized spacial score (nSPS) is 13.6. The van der Waals surface area contributed by atoms with E-state index in [2.05, 4.69) is 20.3 Å². The van der Waals surface area contributed by atoms with E-state index in [0.717, 1.165) is 30.0 Å². The number of pyridine rings is 1. The number of nitrogens with zero attached hydrogens (tertiary/aromatic N) is 3. The molecule has 0 fully saturated rings. The summed E-state index contributed by atoms with van der Waals surface area (Å²) in [5.41, 5.74) is 2.80. The molecule has 0 aromatic carbocycles. The molecule has 2 aromatic heterocycles. The van der Waals surface area contributed by atoms with Gasteiger partial charge in [-0.25, -0.2) is 15.0 Å². The van der Waals surface area contributed by atoms with Gasteiger partial charge in [-0.1, -0.05) is 6.07 Å². The van der Waals surface area contributed by atoms with E-state index < -0.39 is 0 Å². The van der Waals surface area contributed by atoms with Gasteiger partial charge in [0.2, 0.25) is 5.88 Å². The highest BCUT2D eigenvalue weighted by Gasteiger charge is 2.19. The maximum absolute atomic E-state index is 5.51. The molecule has 21 heavy (non-hydrogen) atoms. The number of fused-ring (bicyclic) bond motifs is 1. The van der Waals surface area contributed by atoms with Gasteiger partial charge in [-0.3, -0.25) is 0 Å². The summed E-state index contributed by atoms with van der Waals surface area (Å²) in [5, 5.41) is 3.28. The second kappa shape index (κ2) is 6.05. The zero-order valence-corrected chi connectivity index (χ0v) is 12.2. The van der Waals surface area contributed by atoms with Crippen LogP contribution in [0.3, 0.4) is 0 Å². The molecular formula is C15H18N4O2. The number of aromatic nitrogens is 3.